The predicted molar refractivity (Wildman–Crippen MR) is 84.2 cm³/mol. The minimum Gasteiger partial charge on any atom is -0.469 e. The largest absolute Gasteiger partial charge is 0.469 e. The quantitative estimate of drug-likeness (QED) is 0.763. The number of benzene rings is 2. The zero-order chi connectivity index (χ0) is 17.5. The van der Waals surface area contributed by atoms with Crippen LogP contribution in [-0.2, 0) is 16.1 Å². The summed E-state index contributed by atoms with van der Waals surface area (Å²) in [5.41, 5.74) is 0.882. The standard InChI is InChI=1S/C18H17F2NO3/c1-24-17(22)9-10-21(12-13-5-7-15(19)8-6-13)18(23)14-3-2-4-16(20)11-14/h2-8,11H,9-10,12H2,1H3. The molecule has 1 amide bonds. The molecule has 6 heteroatoms. The van der Waals surface area contributed by atoms with E-state index in [9.17, 15) is 18.4 Å². The fourth-order valence-corrected chi connectivity index (χ4v) is 2.20. The maximum atomic E-state index is 13.3. The van der Waals surface area contributed by atoms with Gasteiger partial charge in [-0.1, -0.05) is 18.2 Å². The zero-order valence-corrected chi connectivity index (χ0v) is 13.2. The number of nitrogens with zero attached hydrogens (tertiary/aromatic N) is 1. The van der Waals surface area contributed by atoms with E-state index in [1.54, 1.807) is 12.1 Å². The molecule has 126 valence electrons. The van der Waals surface area contributed by atoms with Gasteiger partial charge in [0.2, 0.25) is 0 Å². The minimum absolute atomic E-state index is 0.0126. The van der Waals surface area contributed by atoms with E-state index in [0.29, 0.717) is 5.56 Å². The molecule has 2 aromatic carbocycles. The number of carbonyl (C=O) groups excluding carboxylic acids is 2. The summed E-state index contributed by atoms with van der Waals surface area (Å²) in [5.74, 6) is -1.76. The molecule has 0 aliphatic heterocycles. The van der Waals surface area contributed by atoms with Crippen LogP contribution >= 0.6 is 0 Å². The lowest BCUT2D eigenvalue weighted by Gasteiger charge is -2.22. The fraction of sp³-hybridized carbons (Fsp3) is 0.222. The summed E-state index contributed by atoms with van der Waals surface area (Å²) >= 11 is 0. The maximum absolute atomic E-state index is 13.3. The number of hydrogen-bond acceptors (Lipinski definition) is 3. The second kappa shape index (κ2) is 8.19. The van der Waals surface area contributed by atoms with Crippen molar-refractivity contribution in [2.24, 2.45) is 0 Å². The molecule has 2 rings (SSSR count). The van der Waals surface area contributed by atoms with Crippen LogP contribution in [0, 0.1) is 11.6 Å². The van der Waals surface area contributed by atoms with Crippen molar-refractivity contribution in [3.05, 3.63) is 71.3 Å². The van der Waals surface area contributed by atoms with E-state index in [2.05, 4.69) is 4.74 Å². The molecular formula is C18H17F2NO3. The van der Waals surface area contributed by atoms with Gasteiger partial charge < -0.3 is 9.64 Å². The van der Waals surface area contributed by atoms with Crippen molar-refractivity contribution in [3.8, 4) is 0 Å². The maximum Gasteiger partial charge on any atom is 0.307 e. The molecule has 0 unspecified atom stereocenters. The summed E-state index contributed by atoms with van der Waals surface area (Å²) in [6, 6.07) is 11.0. The van der Waals surface area contributed by atoms with E-state index in [0.717, 1.165) is 6.07 Å². The number of amides is 1. The highest BCUT2D eigenvalue weighted by atomic mass is 19.1. The number of methoxy groups -OCH3 is 1. The number of ether oxygens (including phenoxy) is 1. The Bertz CT molecular complexity index is 716. The van der Waals surface area contributed by atoms with Crippen LogP contribution in [-0.4, -0.2) is 30.4 Å². The van der Waals surface area contributed by atoms with Gasteiger partial charge >= 0.3 is 5.97 Å². The fourth-order valence-electron chi connectivity index (χ4n) is 2.20. The van der Waals surface area contributed by atoms with E-state index in [4.69, 9.17) is 0 Å². The van der Waals surface area contributed by atoms with E-state index in [1.165, 1.54) is 42.3 Å². The topological polar surface area (TPSA) is 46.6 Å². The summed E-state index contributed by atoms with van der Waals surface area (Å²) in [6.45, 7) is 0.284. The summed E-state index contributed by atoms with van der Waals surface area (Å²) in [7, 11) is 1.26. The van der Waals surface area contributed by atoms with Crippen molar-refractivity contribution in [2.45, 2.75) is 13.0 Å². The summed E-state index contributed by atoms with van der Waals surface area (Å²) in [6.07, 6.45) is 0.0126. The zero-order valence-electron chi connectivity index (χ0n) is 13.2. The third-order valence-electron chi connectivity index (χ3n) is 3.46. The Balaban J connectivity index is 2.19. The average Bonchev–Trinajstić information content (AvgIpc) is 2.59. The van der Waals surface area contributed by atoms with Crippen LogP contribution in [0.15, 0.2) is 48.5 Å². The average molecular weight is 333 g/mol. The number of carbonyl (C=O) groups is 2. The van der Waals surface area contributed by atoms with Crippen molar-refractivity contribution in [2.75, 3.05) is 13.7 Å². The molecule has 0 fully saturated rings. The van der Waals surface area contributed by atoms with E-state index >= 15 is 0 Å². The van der Waals surface area contributed by atoms with Gasteiger partial charge in [0, 0.05) is 18.7 Å². The molecule has 24 heavy (non-hydrogen) atoms. The molecule has 0 heterocycles. The second-order valence-electron chi connectivity index (χ2n) is 5.19. The first-order chi connectivity index (χ1) is 11.5. The molecule has 0 saturated heterocycles. The van der Waals surface area contributed by atoms with Gasteiger partial charge in [-0.25, -0.2) is 8.78 Å². The highest BCUT2D eigenvalue weighted by Gasteiger charge is 2.18. The molecule has 0 atom stereocenters. The minimum atomic E-state index is -0.518. The molecular weight excluding hydrogens is 316 g/mol. The molecule has 4 nitrogen and oxygen atoms in total. The van der Waals surface area contributed by atoms with Crippen molar-refractivity contribution in [1.82, 2.24) is 4.90 Å². The van der Waals surface area contributed by atoms with Crippen LogP contribution in [0.4, 0.5) is 8.78 Å². The summed E-state index contributed by atoms with van der Waals surface area (Å²) < 4.78 is 30.9. The van der Waals surface area contributed by atoms with Crippen LogP contribution in [0.1, 0.15) is 22.3 Å². The molecule has 2 aromatic rings. The van der Waals surface area contributed by atoms with Gasteiger partial charge in [0.1, 0.15) is 11.6 Å². The molecule has 0 aliphatic carbocycles. The number of rotatable bonds is 6. The van der Waals surface area contributed by atoms with Gasteiger partial charge in [-0.15, -0.1) is 0 Å². The first kappa shape index (κ1) is 17.6. The van der Waals surface area contributed by atoms with E-state index in [-0.39, 0.29) is 30.9 Å². The number of hydrogen-bond donors (Lipinski definition) is 0. The highest BCUT2D eigenvalue weighted by molar-refractivity contribution is 5.94. The Morgan fingerprint density at radius 3 is 2.38 bits per heavy atom. The van der Waals surface area contributed by atoms with E-state index < -0.39 is 17.7 Å². The lowest BCUT2D eigenvalue weighted by atomic mass is 10.1. The molecule has 0 aromatic heterocycles. The van der Waals surface area contributed by atoms with Crippen LogP contribution in [0.3, 0.4) is 0 Å². The van der Waals surface area contributed by atoms with Crippen LogP contribution in [0.5, 0.6) is 0 Å². The monoisotopic (exact) mass is 333 g/mol. The molecule has 0 aliphatic rings. The molecule has 0 N–H and O–H groups in total. The van der Waals surface area contributed by atoms with Gasteiger partial charge in [0.15, 0.2) is 0 Å². The third kappa shape index (κ3) is 4.87. The number of esters is 1. The first-order valence-corrected chi connectivity index (χ1v) is 7.35. The Labute approximate surface area is 138 Å². The summed E-state index contributed by atoms with van der Waals surface area (Å²) in [5, 5.41) is 0. The van der Waals surface area contributed by atoms with Gasteiger partial charge in [0.25, 0.3) is 5.91 Å². The summed E-state index contributed by atoms with van der Waals surface area (Å²) in [4.78, 5) is 25.4. The van der Waals surface area contributed by atoms with Crippen LogP contribution in [0.2, 0.25) is 0 Å². The predicted octanol–water partition coefficient (Wildman–Crippen LogP) is 3.17. The Hall–Kier alpha value is -2.76. The SMILES string of the molecule is COC(=O)CCN(Cc1ccc(F)cc1)C(=O)c1cccc(F)c1. The van der Waals surface area contributed by atoms with Gasteiger partial charge in [-0.2, -0.15) is 0 Å². The molecule has 0 bridgehead atoms. The van der Waals surface area contributed by atoms with E-state index in [1.807, 2.05) is 0 Å². The Kier molecular flexibility index (Phi) is 6.01. The van der Waals surface area contributed by atoms with Crippen LogP contribution < -0.4 is 0 Å². The van der Waals surface area contributed by atoms with Gasteiger partial charge in [-0.05, 0) is 35.9 Å². The van der Waals surface area contributed by atoms with Crippen molar-refractivity contribution >= 4 is 11.9 Å². The second-order valence-corrected chi connectivity index (χ2v) is 5.19. The highest BCUT2D eigenvalue weighted by Crippen LogP contribution is 2.13. The smallest absolute Gasteiger partial charge is 0.307 e. The molecule has 0 spiro atoms. The van der Waals surface area contributed by atoms with Crippen molar-refractivity contribution in [3.63, 3.8) is 0 Å². The lowest BCUT2D eigenvalue weighted by molar-refractivity contribution is -0.140. The third-order valence-corrected chi connectivity index (χ3v) is 3.46. The molecule has 0 radical (unpaired) electrons. The Morgan fingerprint density at radius 1 is 1.04 bits per heavy atom. The normalized spacial score (nSPS) is 10.3. The van der Waals surface area contributed by atoms with Gasteiger partial charge in [0.05, 0.1) is 13.5 Å². The van der Waals surface area contributed by atoms with Crippen molar-refractivity contribution < 1.29 is 23.1 Å². The van der Waals surface area contributed by atoms with Crippen LogP contribution in [0.25, 0.3) is 0 Å². The number of halogens is 2. The first-order valence-electron chi connectivity index (χ1n) is 7.35. The Morgan fingerprint density at radius 2 is 1.75 bits per heavy atom. The van der Waals surface area contributed by atoms with Crippen molar-refractivity contribution in [1.29, 1.82) is 0 Å². The lowest BCUT2D eigenvalue weighted by Crippen LogP contribution is -2.32. The van der Waals surface area contributed by atoms with Gasteiger partial charge in [-0.3, -0.25) is 9.59 Å². The molecule has 0 saturated carbocycles.